The molecular formula is C15H21N3S. The quantitative estimate of drug-likeness (QED) is 0.629. The third-order valence-electron chi connectivity index (χ3n) is 3.29. The number of aryl methyl sites for hydroxylation is 1. The van der Waals surface area contributed by atoms with E-state index < -0.39 is 0 Å². The zero-order valence-corrected chi connectivity index (χ0v) is 12.3. The third-order valence-corrected chi connectivity index (χ3v) is 4.02. The summed E-state index contributed by atoms with van der Waals surface area (Å²) in [6, 6.07) is 10.9. The Labute approximate surface area is 119 Å². The Morgan fingerprint density at radius 2 is 2.16 bits per heavy atom. The Kier molecular flexibility index (Phi) is 4.96. The Balaban J connectivity index is 2.06. The van der Waals surface area contributed by atoms with E-state index >= 15 is 0 Å². The first-order chi connectivity index (χ1) is 9.20. The smallest absolute Gasteiger partial charge is 0.0463 e. The maximum Gasteiger partial charge on any atom is 0.0463 e. The van der Waals surface area contributed by atoms with Crippen LogP contribution in [0.15, 0.2) is 41.1 Å². The molecule has 1 heterocycles. The number of nitrogens with zero attached hydrogens (tertiary/aromatic N) is 1. The summed E-state index contributed by atoms with van der Waals surface area (Å²) in [5.41, 5.74) is 6.76. The predicted octanol–water partition coefficient (Wildman–Crippen LogP) is 2.95. The summed E-state index contributed by atoms with van der Waals surface area (Å²) in [5, 5.41) is 4.32. The van der Waals surface area contributed by atoms with Crippen molar-refractivity contribution in [2.45, 2.75) is 18.9 Å². The number of hydrogen-bond acceptors (Lipinski definition) is 4. The molecule has 1 unspecified atom stereocenters. The average molecular weight is 275 g/mol. The minimum absolute atomic E-state index is 0.194. The van der Waals surface area contributed by atoms with Gasteiger partial charge in [0.25, 0.3) is 0 Å². The van der Waals surface area contributed by atoms with E-state index in [1.54, 1.807) is 11.3 Å². The first kappa shape index (κ1) is 14.1. The van der Waals surface area contributed by atoms with Crippen LogP contribution in [0.2, 0.25) is 0 Å². The van der Waals surface area contributed by atoms with Crippen LogP contribution in [0.5, 0.6) is 0 Å². The highest BCUT2D eigenvalue weighted by Crippen LogP contribution is 2.23. The largest absolute Gasteiger partial charge is 0.378 e. The Bertz CT molecular complexity index is 494. The van der Waals surface area contributed by atoms with Crippen molar-refractivity contribution in [3.8, 4) is 0 Å². The van der Waals surface area contributed by atoms with Crippen molar-refractivity contribution < 1.29 is 0 Å². The number of hydrogen-bond donors (Lipinski definition) is 2. The third kappa shape index (κ3) is 3.80. The number of anilines is 1. The van der Waals surface area contributed by atoms with Crippen LogP contribution in [-0.4, -0.2) is 14.1 Å². The van der Waals surface area contributed by atoms with Gasteiger partial charge in [0.1, 0.15) is 0 Å². The fourth-order valence-corrected chi connectivity index (χ4v) is 2.81. The molecule has 102 valence electrons. The zero-order valence-electron chi connectivity index (χ0n) is 11.5. The van der Waals surface area contributed by atoms with E-state index in [0.29, 0.717) is 0 Å². The monoisotopic (exact) mass is 275 g/mol. The Morgan fingerprint density at radius 3 is 2.79 bits per heavy atom. The number of benzene rings is 1. The van der Waals surface area contributed by atoms with Gasteiger partial charge in [0, 0.05) is 25.8 Å². The number of nitrogens with two attached hydrogens (primary N) is 1. The first-order valence-electron chi connectivity index (χ1n) is 6.45. The van der Waals surface area contributed by atoms with Gasteiger partial charge in [0.2, 0.25) is 0 Å². The van der Waals surface area contributed by atoms with Crippen LogP contribution in [0.4, 0.5) is 5.69 Å². The fraction of sp³-hybridized carbons (Fsp3) is 0.333. The van der Waals surface area contributed by atoms with Gasteiger partial charge in [-0.2, -0.15) is 11.3 Å². The fourth-order valence-electron chi connectivity index (χ4n) is 2.11. The molecule has 0 radical (unpaired) electrons. The second-order valence-corrected chi connectivity index (χ2v) is 5.66. The Hall–Kier alpha value is -1.36. The maximum absolute atomic E-state index is 5.71. The van der Waals surface area contributed by atoms with Crippen molar-refractivity contribution in [3.63, 3.8) is 0 Å². The summed E-state index contributed by atoms with van der Waals surface area (Å²) in [6.45, 7) is 0. The van der Waals surface area contributed by atoms with Crippen molar-refractivity contribution >= 4 is 17.0 Å². The maximum atomic E-state index is 5.71. The van der Waals surface area contributed by atoms with Gasteiger partial charge in [-0.3, -0.25) is 11.3 Å². The molecule has 0 aliphatic rings. The SMILES string of the molecule is CN(C)c1cccc(C(CCc2ccsc2)NN)c1. The predicted molar refractivity (Wildman–Crippen MR) is 83.5 cm³/mol. The minimum atomic E-state index is 0.194. The van der Waals surface area contributed by atoms with E-state index in [2.05, 4.69) is 65.5 Å². The molecule has 0 aliphatic heterocycles. The number of nitrogens with one attached hydrogen (secondary N) is 1. The van der Waals surface area contributed by atoms with Crippen molar-refractivity contribution in [2.75, 3.05) is 19.0 Å². The highest BCUT2D eigenvalue weighted by molar-refractivity contribution is 7.07. The molecule has 3 nitrogen and oxygen atoms in total. The molecule has 0 fully saturated rings. The highest BCUT2D eigenvalue weighted by Gasteiger charge is 2.11. The molecule has 1 atom stereocenters. The molecule has 19 heavy (non-hydrogen) atoms. The van der Waals surface area contributed by atoms with Crippen molar-refractivity contribution in [1.29, 1.82) is 0 Å². The van der Waals surface area contributed by atoms with Gasteiger partial charge in [-0.25, -0.2) is 0 Å². The van der Waals surface area contributed by atoms with Crippen LogP contribution in [0.1, 0.15) is 23.6 Å². The first-order valence-corrected chi connectivity index (χ1v) is 7.39. The Morgan fingerprint density at radius 1 is 1.32 bits per heavy atom. The lowest BCUT2D eigenvalue weighted by Gasteiger charge is -2.19. The second-order valence-electron chi connectivity index (χ2n) is 4.88. The molecule has 3 N–H and O–H groups in total. The normalized spacial score (nSPS) is 12.4. The van der Waals surface area contributed by atoms with Gasteiger partial charge < -0.3 is 4.90 Å². The molecule has 0 spiro atoms. The van der Waals surface area contributed by atoms with Crippen LogP contribution in [0.25, 0.3) is 0 Å². The molecule has 2 aromatic rings. The van der Waals surface area contributed by atoms with E-state index in [0.717, 1.165) is 12.8 Å². The number of thiophene rings is 1. The molecule has 4 heteroatoms. The van der Waals surface area contributed by atoms with Crippen LogP contribution < -0.4 is 16.2 Å². The molecule has 0 aliphatic carbocycles. The van der Waals surface area contributed by atoms with Gasteiger partial charge in [-0.15, -0.1) is 0 Å². The standard InChI is InChI=1S/C15H21N3S/c1-18(2)14-5-3-4-13(10-14)15(17-16)7-6-12-8-9-19-11-12/h3-5,8-11,15,17H,6-7,16H2,1-2H3. The zero-order chi connectivity index (χ0) is 13.7. The van der Waals surface area contributed by atoms with Crippen LogP contribution in [0.3, 0.4) is 0 Å². The van der Waals surface area contributed by atoms with Gasteiger partial charge in [0.05, 0.1) is 0 Å². The number of rotatable bonds is 6. The van der Waals surface area contributed by atoms with E-state index in [-0.39, 0.29) is 6.04 Å². The van der Waals surface area contributed by atoms with E-state index in [4.69, 9.17) is 5.84 Å². The van der Waals surface area contributed by atoms with Gasteiger partial charge in [-0.1, -0.05) is 12.1 Å². The van der Waals surface area contributed by atoms with Gasteiger partial charge in [-0.05, 0) is 52.9 Å². The highest BCUT2D eigenvalue weighted by atomic mass is 32.1. The molecule has 2 rings (SSSR count). The second kappa shape index (κ2) is 6.70. The minimum Gasteiger partial charge on any atom is -0.378 e. The molecular weight excluding hydrogens is 254 g/mol. The molecule has 1 aromatic heterocycles. The molecule has 0 bridgehead atoms. The lowest BCUT2D eigenvalue weighted by Crippen LogP contribution is -2.28. The average Bonchev–Trinajstić information content (AvgIpc) is 2.93. The lowest BCUT2D eigenvalue weighted by molar-refractivity contribution is 0.517. The van der Waals surface area contributed by atoms with Crippen molar-refractivity contribution in [3.05, 3.63) is 52.2 Å². The molecule has 0 saturated heterocycles. The molecule has 1 aromatic carbocycles. The summed E-state index contributed by atoms with van der Waals surface area (Å²) in [4.78, 5) is 2.11. The summed E-state index contributed by atoms with van der Waals surface area (Å²) in [5.74, 6) is 5.71. The van der Waals surface area contributed by atoms with Crippen molar-refractivity contribution in [2.24, 2.45) is 5.84 Å². The van der Waals surface area contributed by atoms with Gasteiger partial charge in [0.15, 0.2) is 0 Å². The van der Waals surface area contributed by atoms with Gasteiger partial charge >= 0.3 is 0 Å². The van der Waals surface area contributed by atoms with E-state index in [1.807, 2.05) is 0 Å². The summed E-state index contributed by atoms with van der Waals surface area (Å²) in [6.07, 6.45) is 2.05. The molecule has 0 amide bonds. The van der Waals surface area contributed by atoms with Crippen LogP contribution >= 0.6 is 11.3 Å². The summed E-state index contributed by atoms with van der Waals surface area (Å²) in [7, 11) is 4.10. The van der Waals surface area contributed by atoms with Crippen LogP contribution in [0, 0.1) is 0 Å². The topological polar surface area (TPSA) is 41.3 Å². The van der Waals surface area contributed by atoms with Crippen molar-refractivity contribution in [1.82, 2.24) is 5.43 Å². The van der Waals surface area contributed by atoms with E-state index in [9.17, 15) is 0 Å². The summed E-state index contributed by atoms with van der Waals surface area (Å²) < 4.78 is 0. The lowest BCUT2D eigenvalue weighted by atomic mass is 10.00. The molecule has 0 saturated carbocycles. The van der Waals surface area contributed by atoms with Crippen LogP contribution in [-0.2, 0) is 6.42 Å². The van der Waals surface area contributed by atoms with E-state index in [1.165, 1.54) is 16.8 Å². The number of hydrazine groups is 1. The summed E-state index contributed by atoms with van der Waals surface area (Å²) >= 11 is 1.74.